The Bertz CT molecular complexity index is 587. The van der Waals surface area contributed by atoms with Crippen LogP contribution in [0.15, 0.2) is 23.8 Å². The molecule has 1 aromatic rings. The van der Waals surface area contributed by atoms with E-state index >= 15 is 0 Å². The van der Waals surface area contributed by atoms with E-state index in [-0.39, 0.29) is 29.3 Å². The van der Waals surface area contributed by atoms with Crippen LogP contribution in [0.2, 0.25) is 0 Å². The highest BCUT2D eigenvalue weighted by atomic mass is 19.4. The zero-order valence-electron chi connectivity index (χ0n) is 13.4. The second kappa shape index (κ2) is 12.1. The molecule has 1 aromatic carbocycles. The summed E-state index contributed by atoms with van der Waals surface area (Å²) in [6.45, 7) is 1.98. The number of unbranched alkanes of at least 4 members (excludes halogenated alkanes) is 1. The second-order valence-electron chi connectivity index (χ2n) is 4.88. The van der Waals surface area contributed by atoms with Crippen molar-refractivity contribution in [3.63, 3.8) is 0 Å². The molecule has 1 N–H and O–H groups in total. The standard InChI is InChI=1S/C15H15F3O3.5FH/c1-2-3-5-9-6-4-7-10-8-11(14(19)20)13(15(16,17)18)21-12(9)10;;;;;/h4,6-8,13H,2-3,5H2,1H3,(H,19,20);5*1H. The van der Waals surface area contributed by atoms with Gasteiger partial charge in [-0.1, -0.05) is 31.5 Å². The number of benzene rings is 1. The maximum absolute atomic E-state index is 13.0. The van der Waals surface area contributed by atoms with Gasteiger partial charge in [0.05, 0.1) is 5.57 Å². The third-order valence-electron chi connectivity index (χ3n) is 3.30. The summed E-state index contributed by atoms with van der Waals surface area (Å²) in [5, 5.41) is 8.96. The van der Waals surface area contributed by atoms with E-state index in [1.807, 2.05) is 6.92 Å². The zero-order chi connectivity index (χ0) is 15.6. The van der Waals surface area contributed by atoms with Gasteiger partial charge in [0, 0.05) is 5.56 Å². The molecule has 0 spiro atoms. The average Bonchev–Trinajstić information content (AvgIpc) is 2.42. The summed E-state index contributed by atoms with van der Waals surface area (Å²) < 4.78 is 44.0. The van der Waals surface area contributed by atoms with Gasteiger partial charge in [0.15, 0.2) is 0 Å². The molecule has 1 heterocycles. The minimum Gasteiger partial charge on any atom is -0.478 e. The summed E-state index contributed by atoms with van der Waals surface area (Å²) in [6.07, 6.45) is -3.81. The Morgan fingerprint density at radius 3 is 2.19 bits per heavy atom. The third kappa shape index (κ3) is 6.52. The van der Waals surface area contributed by atoms with Gasteiger partial charge in [0.2, 0.25) is 6.10 Å². The molecule has 0 saturated carbocycles. The smallest absolute Gasteiger partial charge is 0.430 e. The van der Waals surface area contributed by atoms with Crippen molar-refractivity contribution in [2.75, 3.05) is 0 Å². The van der Waals surface area contributed by atoms with Crippen LogP contribution in [0.4, 0.5) is 36.7 Å². The summed E-state index contributed by atoms with van der Waals surface area (Å²) in [4.78, 5) is 11.0. The molecule has 1 unspecified atom stereocenters. The number of carbonyl (C=O) groups is 1. The number of alkyl halides is 3. The van der Waals surface area contributed by atoms with E-state index < -0.39 is 23.8 Å². The van der Waals surface area contributed by atoms with Crippen molar-refractivity contribution in [1.29, 1.82) is 0 Å². The van der Waals surface area contributed by atoms with Gasteiger partial charge in [-0.25, -0.2) is 4.79 Å². The first-order valence-corrected chi connectivity index (χ1v) is 6.64. The Hall–Kier alpha value is -2.33. The minimum absolute atomic E-state index is 0. The number of para-hydroxylation sites is 1. The second-order valence-corrected chi connectivity index (χ2v) is 4.88. The van der Waals surface area contributed by atoms with Crippen molar-refractivity contribution < 1.29 is 51.3 Å². The maximum Gasteiger partial charge on any atom is 0.430 e. The summed E-state index contributed by atoms with van der Waals surface area (Å²) in [5.41, 5.74) is 0.258. The van der Waals surface area contributed by atoms with Crippen LogP contribution in [0.3, 0.4) is 0 Å². The molecule has 154 valence electrons. The molecule has 0 aromatic heterocycles. The molecule has 0 radical (unpaired) electrons. The van der Waals surface area contributed by atoms with E-state index in [4.69, 9.17) is 9.84 Å². The molecule has 3 nitrogen and oxygen atoms in total. The molecule has 26 heavy (non-hydrogen) atoms. The van der Waals surface area contributed by atoms with Crippen molar-refractivity contribution in [3.05, 3.63) is 34.9 Å². The Labute approximate surface area is 143 Å². The number of ether oxygens (including phenoxy) is 1. The predicted octanol–water partition coefficient (Wildman–Crippen LogP) is 4.58. The van der Waals surface area contributed by atoms with Crippen molar-refractivity contribution in [3.8, 4) is 5.75 Å². The van der Waals surface area contributed by atoms with Gasteiger partial charge in [-0.2, -0.15) is 13.2 Å². The fraction of sp³-hybridized carbons (Fsp3) is 0.400. The topological polar surface area (TPSA) is 46.5 Å². The summed E-state index contributed by atoms with van der Waals surface area (Å²) in [5.74, 6) is -1.49. The van der Waals surface area contributed by atoms with Crippen LogP contribution >= 0.6 is 0 Å². The first-order chi connectivity index (χ1) is 9.84. The van der Waals surface area contributed by atoms with Gasteiger partial charge in [-0.05, 0) is 24.5 Å². The predicted molar refractivity (Wildman–Crippen MR) is 83.7 cm³/mol. The number of aliphatic carboxylic acids is 1. The first-order valence-electron chi connectivity index (χ1n) is 6.64. The fourth-order valence-electron chi connectivity index (χ4n) is 2.27. The highest BCUT2D eigenvalue weighted by molar-refractivity contribution is 5.95. The van der Waals surface area contributed by atoms with E-state index in [0.29, 0.717) is 17.5 Å². The molecular formula is C15H20F8O3. The number of hydrogen-bond acceptors (Lipinski definition) is 2. The molecule has 1 aliphatic rings. The van der Waals surface area contributed by atoms with Crippen LogP contribution in [0, 0.1) is 0 Å². The molecule has 0 fully saturated rings. The van der Waals surface area contributed by atoms with Crippen molar-refractivity contribution in [2.45, 2.75) is 38.5 Å². The van der Waals surface area contributed by atoms with Gasteiger partial charge in [-0.3, -0.25) is 23.5 Å². The number of rotatable bonds is 4. The molecular weight excluding hydrogens is 380 g/mol. The van der Waals surface area contributed by atoms with Crippen molar-refractivity contribution in [1.82, 2.24) is 0 Å². The Kier molecular flexibility index (Phi) is 14.6. The quantitative estimate of drug-likeness (QED) is 0.753. The molecule has 2 rings (SSSR count). The summed E-state index contributed by atoms with van der Waals surface area (Å²) >= 11 is 0. The molecule has 1 atom stereocenters. The highest BCUT2D eigenvalue weighted by Gasteiger charge is 2.48. The number of fused-ring (bicyclic) bond motifs is 1. The lowest BCUT2D eigenvalue weighted by Gasteiger charge is -2.28. The SMILES string of the molecule is CCCCc1cccc2c1OC(C(F)(F)F)C(C(=O)O)=C2.F.F.F.F.F. The van der Waals surface area contributed by atoms with Crippen molar-refractivity contribution in [2.24, 2.45) is 0 Å². The molecule has 0 bridgehead atoms. The van der Waals surface area contributed by atoms with Gasteiger partial charge < -0.3 is 9.84 Å². The number of halogens is 8. The normalized spacial score (nSPS) is 14.3. The number of carboxylic acid groups (broad SMARTS) is 1. The Morgan fingerprint density at radius 1 is 1.15 bits per heavy atom. The largest absolute Gasteiger partial charge is 0.478 e. The van der Waals surface area contributed by atoms with Gasteiger partial charge in [-0.15, -0.1) is 0 Å². The lowest BCUT2D eigenvalue weighted by Crippen LogP contribution is -2.40. The molecule has 0 aliphatic carbocycles. The molecule has 0 amide bonds. The zero-order valence-corrected chi connectivity index (χ0v) is 13.4. The van der Waals surface area contributed by atoms with E-state index in [2.05, 4.69) is 0 Å². The highest BCUT2D eigenvalue weighted by Crippen LogP contribution is 2.39. The van der Waals surface area contributed by atoms with E-state index in [9.17, 15) is 18.0 Å². The molecule has 11 heteroatoms. The Balaban J connectivity index is -0.000000484. The van der Waals surface area contributed by atoms with Crippen molar-refractivity contribution >= 4 is 12.0 Å². The van der Waals surface area contributed by atoms with Crippen LogP contribution in [-0.2, 0) is 11.2 Å². The number of aryl methyl sites for hydroxylation is 1. The first kappa shape index (κ1) is 31.4. The maximum atomic E-state index is 13.0. The van der Waals surface area contributed by atoms with Crippen LogP contribution in [0.5, 0.6) is 5.75 Å². The molecule has 0 saturated heterocycles. The lowest BCUT2D eigenvalue weighted by atomic mass is 9.97. The Morgan fingerprint density at radius 2 is 1.73 bits per heavy atom. The number of carboxylic acids is 1. The third-order valence-corrected chi connectivity index (χ3v) is 3.30. The monoisotopic (exact) mass is 400 g/mol. The van der Waals surface area contributed by atoms with Gasteiger partial charge in [0.25, 0.3) is 0 Å². The van der Waals surface area contributed by atoms with E-state index in [1.165, 1.54) is 0 Å². The average molecular weight is 400 g/mol. The van der Waals surface area contributed by atoms with Crippen LogP contribution in [0.25, 0.3) is 6.08 Å². The van der Waals surface area contributed by atoms with Gasteiger partial charge in [0.1, 0.15) is 5.75 Å². The van der Waals surface area contributed by atoms with E-state index in [0.717, 1.165) is 18.9 Å². The van der Waals surface area contributed by atoms with Gasteiger partial charge >= 0.3 is 12.1 Å². The van der Waals surface area contributed by atoms with Crippen LogP contribution < -0.4 is 4.74 Å². The van der Waals surface area contributed by atoms with E-state index in [1.54, 1.807) is 18.2 Å². The number of hydrogen-bond donors (Lipinski definition) is 1. The van der Waals surface area contributed by atoms with Crippen LogP contribution in [0.1, 0.15) is 30.9 Å². The fourth-order valence-corrected chi connectivity index (χ4v) is 2.27. The van der Waals surface area contributed by atoms with Crippen LogP contribution in [-0.4, -0.2) is 23.4 Å². The lowest BCUT2D eigenvalue weighted by molar-refractivity contribution is -0.187. The minimum atomic E-state index is -4.76. The summed E-state index contributed by atoms with van der Waals surface area (Å²) in [7, 11) is 0. The molecule has 1 aliphatic heterocycles. The summed E-state index contributed by atoms with van der Waals surface area (Å²) in [6, 6.07) is 4.96.